The Balaban J connectivity index is 1.89. The van der Waals surface area contributed by atoms with Crippen molar-refractivity contribution in [2.45, 2.75) is 0 Å². The normalized spacial score (nSPS) is 10.2. The van der Waals surface area contributed by atoms with E-state index < -0.39 is 0 Å². The molecule has 2 aromatic carbocycles. The average Bonchev–Trinajstić information content (AvgIpc) is 2.67. The molecule has 0 aliphatic rings. The molecule has 0 atom stereocenters. The summed E-state index contributed by atoms with van der Waals surface area (Å²) in [5.41, 5.74) is 1.85. The average molecular weight is 317 g/mol. The molecule has 0 fully saturated rings. The molecule has 1 aromatic heterocycles. The van der Waals surface area contributed by atoms with E-state index in [2.05, 4.69) is 4.98 Å². The molecule has 0 saturated heterocycles. The van der Waals surface area contributed by atoms with E-state index in [0.717, 1.165) is 0 Å². The minimum Gasteiger partial charge on any atom is -0.497 e. The summed E-state index contributed by atoms with van der Waals surface area (Å²) in [6.45, 7) is 0. The molecular weight excluding hydrogens is 302 g/mol. The van der Waals surface area contributed by atoms with Crippen LogP contribution < -0.4 is 4.74 Å². The molecule has 4 heteroatoms. The minimum absolute atomic E-state index is 0.160. The van der Waals surface area contributed by atoms with Gasteiger partial charge in [0.1, 0.15) is 5.75 Å². The van der Waals surface area contributed by atoms with Crippen LogP contribution in [0.1, 0.15) is 31.8 Å². The third-order valence-corrected chi connectivity index (χ3v) is 3.65. The molecule has 0 spiro atoms. The van der Waals surface area contributed by atoms with Crippen LogP contribution in [0.3, 0.4) is 0 Å². The van der Waals surface area contributed by atoms with Crippen LogP contribution in [0.25, 0.3) is 0 Å². The number of rotatable bonds is 5. The SMILES string of the molecule is COc1ccc(C(=O)c2cncc(C(=O)c3ccccc3)c2)cc1. The van der Waals surface area contributed by atoms with Crippen LogP contribution in [-0.4, -0.2) is 23.7 Å². The van der Waals surface area contributed by atoms with Crippen molar-refractivity contribution >= 4 is 11.6 Å². The zero-order valence-electron chi connectivity index (χ0n) is 13.1. The van der Waals surface area contributed by atoms with Gasteiger partial charge in [-0.1, -0.05) is 30.3 Å². The lowest BCUT2D eigenvalue weighted by Gasteiger charge is -2.05. The molecule has 0 aliphatic carbocycles. The van der Waals surface area contributed by atoms with Crippen molar-refractivity contribution < 1.29 is 14.3 Å². The summed E-state index contributed by atoms with van der Waals surface area (Å²) in [7, 11) is 1.57. The zero-order valence-corrected chi connectivity index (χ0v) is 13.1. The molecule has 0 N–H and O–H groups in total. The first-order valence-corrected chi connectivity index (χ1v) is 7.42. The van der Waals surface area contributed by atoms with Gasteiger partial charge in [0, 0.05) is 34.6 Å². The highest BCUT2D eigenvalue weighted by molar-refractivity contribution is 6.12. The number of methoxy groups -OCH3 is 1. The van der Waals surface area contributed by atoms with Gasteiger partial charge in [-0.25, -0.2) is 0 Å². The Hall–Kier alpha value is -3.27. The molecule has 4 nitrogen and oxygen atoms in total. The Morgan fingerprint density at radius 3 is 1.83 bits per heavy atom. The number of aromatic nitrogens is 1. The van der Waals surface area contributed by atoms with Crippen molar-refractivity contribution in [1.82, 2.24) is 4.98 Å². The summed E-state index contributed by atoms with van der Waals surface area (Å²) in [6.07, 6.45) is 2.94. The highest BCUT2D eigenvalue weighted by Gasteiger charge is 2.14. The third kappa shape index (κ3) is 3.22. The van der Waals surface area contributed by atoms with Gasteiger partial charge in [-0.2, -0.15) is 0 Å². The predicted molar refractivity (Wildman–Crippen MR) is 90.5 cm³/mol. The van der Waals surface area contributed by atoms with Crippen molar-refractivity contribution in [3.05, 3.63) is 95.3 Å². The maximum Gasteiger partial charge on any atom is 0.194 e. The first-order chi connectivity index (χ1) is 11.7. The number of benzene rings is 2. The number of pyridine rings is 1. The predicted octanol–water partition coefficient (Wildman–Crippen LogP) is 3.55. The standard InChI is InChI=1S/C20H15NO3/c1-24-18-9-7-15(8-10-18)20(23)17-11-16(12-21-13-17)19(22)14-5-3-2-4-6-14/h2-13H,1H3. The maximum atomic E-state index is 12.6. The van der Waals surface area contributed by atoms with Crippen molar-refractivity contribution in [1.29, 1.82) is 0 Å². The van der Waals surface area contributed by atoms with E-state index in [0.29, 0.717) is 28.0 Å². The van der Waals surface area contributed by atoms with Gasteiger partial charge in [-0.3, -0.25) is 14.6 Å². The molecule has 0 bridgehead atoms. The Labute approximate surface area is 139 Å². The van der Waals surface area contributed by atoms with Crippen molar-refractivity contribution in [3.8, 4) is 5.75 Å². The summed E-state index contributed by atoms with van der Waals surface area (Å²) < 4.78 is 5.09. The zero-order chi connectivity index (χ0) is 16.9. The second-order valence-electron chi connectivity index (χ2n) is 5.22. The highest BCUT2D eigenvalue weighted by Crippen LogP contribution is 2.16. The van der Waals surface area contributed by atoms with Gasteiger partial charge in [0.15, 0.2) is 11.6 Å². The fourth-order valence-corrected chi connectivity index (χ4v) is 2.35. The molecule has 0 unspecified atom stereocenters. The summed E-state index contributed by atoms with van der Waals surface area (Å²) in [5.74, 6) is 0.332. The first kappa shape index (κ1) is 15.6. The lowest BCUT2D eigenvalue weighted by atomic mass is 10.00. The number of carbonyl (C=O) groups is 2. The second-order valence-corrected chi connectivity index (χ2v) is 5.22. The van der Waals surface area contributed by atoms with Gasteiger partial charge in [0.2, 0.25) is 0 Å². The Kier molecular flexibility index (Phi) is 4.47. The molecule has 0 saturated carbocycles. The summed E-state index contributed by atoms with van der Waals surface area (Å²) >= 11 is 0. The van der Waals surface area contributed by atoms with Crippen LogP contribution in [0.15, 0.2) is 73.1 Å². The molecule has 118 valence electrons. The largest absolute Gasteiger partial charge is 0.497 e. The second kappa shape index (κ2) is 6.87. The number of nitrogens with zero attached hydrogens (tertiary/aromatic N) is 1. The Bertz CT molecular complexity index is 871. The molecule has 0 radical (unpaired) electrons. The maximum absolute atomic E-state index is 12.6. The number of carbonyl (C=O) groups excluding carboxylic acids is 2. The first-order valence-electron chi connectivity index (χ1n) is 7.42. The van der Waals surface area contributed by atoms with Crippen molar-refractivity contribution in [2.75, 3.05) is 7.11 Å². The van der Waals surface area contributed by atoms with E-state index in [9.17, 15) is 9.59 Å². The smallest absolute Gasteiger partial charge is 0.194 e. The highest BCUT2D eigenvalue weighted by atomic mass is 16.5. The summed E-state index contributed by atoms with van der Waals surface area (Å²) in [4.78, 5) is 29.1. The lowest BCUT2D eigenvalue weighted by Crippen LogP contribution is -2.07. The van der Waals surface area contributed by atoms with Gasteiger partial charge in [-0.05, 0) is 30.3 Å². The van der Waals surface area contributed by atoms with Gasteiger partial charge in [0.05, 0.1) is 7.11 Å². The number of ketones is 2. The Morgan fingerprint density at radius 2 is 1.29 bits per heavy atom. The third-order valence-electron chi connectivity index (χ3n) is 3.65. The Morgan fingerprint density at radius 1 is 0.750 bits per heavy atom. The van der Waals surface area contributed by atoms with E-state index in [1.165, 1.54) is 12.4 Å². The molecule has 3 aromatic rings. The van der Waals surface area contributed by atoms with Crippen LogP contribution in [0.5, 0.6) is 5.75 Å². The molecule has 1 heterocycles. The van der Waals surface area contributed by atoms with E-state index in [4.69, 9.17) is 4.74 Å². The quantitative estimate of drug-likeness (QED) is 0.675. The molecule has 0 amide bonds. The van der Waals surface area contributed by atoms with Gasteiger partial charge in [-0.15, -0.1) is 0 Å². The molecule has 0 aliphatic heterocycles. The lowest BCUT2D eigenvalue weighted by molar-refractivity contribution is 0.103. The minimum atomic E-state index is -0.187. The number of hydrogen-bond donors (Lipinski definition) is 0. The van der Waals surface area contributed by atoms with Crippen LogP contribution in [0.4, 0.5) is 0 Å². The van der Waals surface area contributed by atoms with E-state index in [1.54, 1.807) is 61.7 Å². The number of hydrogen-bond acceptors (Lipinski definition) is 4. The summed E-state index contributed by atoms with van der Waals surface area (Å²) in [5, 5.41) is 0. The molecule has 3 rings (SSSR count). The molecular formula is C20H15NO3. The van der Waals surface area contributed by atoms with Crippen LogP contribution >= 0.6 is 0 Å². The topological polar surface area (TPSA) is 56.3 Å². The summed E-state index contributed by atoms with van der Waals surface area (Å²) in [6, 6.07) is 17.3. The van der Waals surface area contributed by atoms with Crippen molar-refractivity contribution in [3.63, 3.8) is 0 Å². The van der Waals surface area contributed by atoms with Gasteiger partial charge < -0.3 is 4.74 Å². The fourth-order valence-electron chi connectivity index (χ4n) is 2.35. The number of ether oxygens (including phenoxy) is 1. The van der Waals surface area contributed by atoms with Gasteiger partial charge in [0.25, 0.3) is 0 Å². The van der Waals surface area contributed by atoms with Crippen LogP contribution in [0.2, 0.25) is 0 Å². The van der Waals surface area contributed by atoms with Crippen LogP contribution in [0, 0.1) is 0 Å². The van der Waals surface area contributed by atoms with E-state index in [1.807, 2.05) is 6.07 Å². The van der Waals surface area contributed by atoms with Crippen LogP contribution in [-0.2, 0) is 0 Å². The van der Waals surface area contributed by atoms with E-state index >= 15 is 0 Å². The molecule has 24 heavy (non-hydrogen) atoms. The van der Waals surface area contributed by atoms with Gasteiger partial charge >= 0.3 is 0 Å². The van der Waals surface area contributed by atoms with Crippen molar-refractivity contribution in [2.24, 2.45) is 0 Å². The fraction of sp³-hybridized carbons (Fsp3) is 0.0500. The van der Waals surface area contributed by atoms with E-state index in [-0.39, 0.29) is 11.6 Å². The monoisotopic (exact) mass is 317 g/mol.